The molecule has 0 aliphatic heterocycles. The lowest BCUT2D eigenvalue weighted by molar-refractivity contribution is -0.121. The van der Waals surface area contributed by atoms with Crippen LogP contribution in [-0.2, 0) is 0 Å². The van der Waals surface area contributed by atoms with Crippen LogP contribution >= 0.6 is 11.8 Å². The van der Waals surface area contributed by atoms with Gasteiger partial charge in [-0.1, -0.05) is 0 Å². The van der Waals surface area contributed by atoms with Crippen LogP contribution in [0.25, 0.3) is 0 Å². The van der Waals surface area contributed by atoms with Gasteiger partial charge in [0.2, 0.25) is 0 Å². The van der Waals surface area contributed by atoms with Crippen molar-refractivity contribution in [3.63, 3.8) is 0 Å². The highest BCUT2D eigenvalue weighted by Crippen LogP contribution is 2.33. The number of halogens is 7. The molecule has 0 unspecified atom stereocenters. The van der Waals surface area contributed by atoms with E-state index in [2.05, 4.69) is 10.3 Å². The van der Waals surface area contributed by atoms with E-state index < -0.39 is 41.9 Å². The van der Waals surface area contributed by atoms with Gasteiger partial charge in [0.05, 0.1) is 5.75 Å². The zero-order valence-corrected chi connectivity index (χ0v) is 12.9. The van der Waals surface area contributed by atoms with Crippen LogP contribution in [0.2, 0.25) is 0 Å². The fraction of sp³-hybridized carbons (Fsp3) is 0.462. The molecule has 0 amide bonds. The number of nitrogens with one attached hydrogen (secondary N) is 1. The fourth-order valence-electron chi connectivity index (χ4n) is 1.56. The average Bonchev–Trinajstić information content (AvgIpc) is 2.36. The predicted octanol–water partition coefficient (Wildman–Crippen LogP) is 4.99. The smallest absolute Gasteiger partial charge is 0.376 e. The van der Waals surface area contributed by atoms with Crippen molar-refractivity contribution in [1.82, 2.24) is 5.32 Å². The van der Waals surface area contributed by atoms with Crippen LogP contribution in [-0.4, -0.2) is 31.0 Å². The number of aryl methyl sites for hydroxylation is 1. The van der Waals surface area contributed by atoms with Crippen LogP contribution in [0.4, 0.5) is 36.4 Å². The van der Waals surface area contributed by atoms with Crippen LogP contribution in [0.3, 0.4) is 0 Å². The molecule has 2 nitrogen and oxygen atoms in total. The number of rotatable bonds is 4. The van der Waals surface area contributed by atoms with Crippen molar-refractivity contribution in [2.75, 3.05) is 12.8 Å². The molecule has 0 aliphatic rings. The first-order valence-corrected chi connectivity index (χ1v) is 7.21. The molecule has 0 atom stereocenters. The molecule has 23 heavy (non-hydrogen) atoms. The summed E-state index contributed by atoms with van der Waals surface area (Å²) in [5.41, 5.74) is -0.202. The van der Waals surface area contributed by atoms with E-state index in [0.29, 0.717) is 11.8 Å². The third-order valence-corrected chi connectivity index (χ3v) is 3.77. The number of hydrogen-bond acceptors (Lipinski definition) is 2. The van der Waals surface area contributed by atoms with Gasteiger partial charge in [-0.3, -0.25) is 0 Å². The zero-order chi connectivity index (χ0) is 17.8. The number of benzene rings is 1. The van der Waals surface area contributed by atoms with Gasteiger partial charge in [0.1, 0.15) is 23.8 Å². The minimum Gasteiger partial charge on any atom is -0.376 e. The molecule has 0 aliphatic carbocycles. The first kappa shape index (κ1) is 19.6. The van der Waals surface area contributed by atoms with Gasteiger partial charge in [-0.05, 0) is 24.6 Å². The Kier molecular flexibility index (Phi) is 6.32. The number of thioether (sulfide) groups is 1. The highest BCUT2D eigenvalue weighted by molar-refractivity contribution is 7.99. The molecule has 1 aromatic rings. The first-order chi connectivity index (χ1) is 10.4. The summed E-state index contributed by atoms with van der Waals surface area (Å²) in [7, 11) is 1.19. The van der Waals surface area contributed by atoms with Gasteiger partial charge in [0, 0.05) is 11.9 Å². The lowest BCUT2D eigenvalue weighted by Gasteiger charge is -2.12. The third-order valence-electron chi connectivity index (χ3n) is 2.55. The quantitative estimate of drug-likeness (QED) is 0.353. The third kappa shape index (κ3) is 7.10. The standard InChI is InChI=1S/C13H13F7N2S/c1-7-3-8(14)9(4-10(7)23-6-13(18,19)20)22-11(21-2)5-12(15,16)17/h3-4H,5-6H2,1-2H3,(H,21,22). The van der Waals surface area contributed by atoms with Gasteiger partial charge in [0.15, 0.2) is 0 Å². The topological polar surface area (TPSA) is 24.4 Å². The summed E-state index contributed by atoms with van der Waals surface area (Å²) < 4.78 is 87.6. The molecule has 0 aromatic heterocycles. The molecule has 0 spiro atoms. The first-order valence-electron chi connectivity index (χ1n) is 6.23. The number of hydrogen-bond donors (Lipinski definition) is 1. The second kappa shape index (κ2) is 7.41. The highest BCUT2D eigenvalue weighted by Gasteiger charge is 2.30. The van der Waals surface area contributed by atoms with E-state index in [1.165, 1.54) is 14.0 Å². The fourth-order valence-corrected chi connectivity index (χ4v) is 2.36. The van der Waals surface area contributed by atoms with Crippen LogP contribution in [0, 0.1) is 12.7 Å². The van der Waals surface area contributed by atoms with E-state index in [1.807, 2.05) is 0 Å². The molecular formula is C13H13F7N2S. The van der Waals surface area contributed by atoms with Crippen LogP contribution in [0.1, 0.15) is 12.0 Å². The van der Waals surface area contributed by atoms with Crippen LogP contribution in [0.15, 0.2) is 22.0 Å². The van der Waals surface area contributed by atoms with Crippen molar-refractivity contribution in [1.29, 1.82) is 0 Å². The van der Waals surface area contributed by atoms with E-state index in [-0.39, 0.29) is 10.5 Å². The average molecular weight is 362 g/mol. The van der Waals surface area contributed by atoms with E-state index in [1.54, 1.807) is 0 Å². The maximum Gasteiger partial charge on any atom is 0.398 e. The molecule has 0 heterocycles. The van der Waals surface area contributed by atoms with Crippen LogP contribution in [0.5, 0.6) is 0 Å². The van der Waals surface area contributed by atoms with Crippen molar-refractivity contribution in [2.45, 2.75) is 30.6 Å². The van der Waals surface area contributed by atoms with Gasteiger partial charge in [0.25, 0.3) is 0 Å². The molecule has 0 fully saturated rings. The molecule has 10 heteroatoms. The van der Waals surface area contributed by atoms with Crippen molar-refractivity contribution in [2.24, 2.45) is 4.99 Å². The minimum absolute atomic E-state index is 0.102. The summed E-state index contributed by atoms with van der Waals surface area (Å²) in [5.74, 6) is -2.63. The Hall–Kier alpha value is -1.45. The van der Waals surface area contributed by atoms with Gasteiger partial charge in [-0.25, -0.2) is 9.38 Å². The number of aliphatic imine (C=N–C) groups is 1. The number of alkyl halides is 6. The van der Waals surface area contributed by atoms with Gasteiger partial charge in [-0.15, -0.1) is 11.8 Å². The normalized spacial score (nSPS) is 13.3. The molecule has 0 bridgehead atoms. The lowest BCUT2D eigenvalue weighted by Crippen LogP contribution is -2.25. The van der Waals surface area contributed by atoms with E-state index in [0.717, 1.165) is 12.1 Å². The molecule has 0 saturated heterocycles. The number of nitrogens with zero attached hydrogens (tertiary/aromatic N) is 1. The number of amidine groups is 1. The summed E-state index contributed by atoms with van der Waals surface area (Å²) >= 11 is 0.421. The molecule has 1 N–H and O–H groups in total. The Balaban J connectivity index is 3.11. The molecule has 0 saturated carbocycles. The summed E-state index contributed by atoms with van der Waals surface area (Å²) in [4.78, 5) is 3.63. The summed E-state index contributed by atoms with van der Waals surface area (Å²) in [5, 5.41) is 2.20. The van der Waals surface area contributed by atoms with E-state index in [4.69, 9.17) is 0 Å². The minimum atomic E-state index is -4.54. The van der Waals surface area contributed by atoms with Gasteiger partial charge in [-0.2, -0.15) is 26.3 Å². The van der Waals surface area contributed by atoms with Crippen molar-refractivity contribution in [3.05, 3.63) is 23.5 Å². The molecule has 130 valence electrons. The molecule has 1 rings (SSSR count). The summed E-state index contributed by atoms with van der Waals surface area (Å²) in [6.45, 7) is 1.41. The highest BCUT2D eigenvalue weighted by atomic mass is 32.2. The Bertz CT molecular complexity index is 579. The maximum atomic E-state index is 13.8. The molecule has 1 aromatic carbocycles. The van der Waals surface area contributed by atoms with Crippen LogP contribution < -0.4 is 5.32 Å². The van der Waals surface area contributed by atoms with Crippen molar-refractivity contribution in [3.8, 4) is 0 Å². The molecular weight excluding hydrogens is 349 g/mol. The summed E-state index contributed by atoms with van der Waals surface area (Å²) in [6.07, 6.45) is -10.4. The van der Waals surface area contributed by atoms with Gasteiger partial charge < -0.3 is 5.32 Å². The molecule has 0 radical (unpaired) electrons. The predicted molar refractivity (Wildman–Crippen MR) is 74.7 cm³/mol. The summed E-state index contributed by atoms with van der Waals surface area (Å²) in [6, 6.07) is 1.95. The maximum absolute atomic E-state index is 13.8. The second-order valence-electron chi connectivity index (χ2n) is 4.57. The van der Waals surface area contributed by atoms with Crippen molar-refractivity contribution >= 4 is 23.3 Å². The van der Waals surface area contributed by atoms with Crippen molar-refractivity contribution < 1.29 is 30.7 Å². The Labute approximate surface area is 132 Å². The Morgan fingerprint density at radius 2 is 1.74 bits per heavy atom. The van der Waals surface area contributed by atoms with Gasteiger partial charge >= 0.3 is 12.4 Å². The second-order valence-corrected chi connectivity index (χ2v) is 5.59. The SMILES string of the molecule is CN/C(CC(F)(F)F)=N\c1cc(SCC(F)(F)F)c(C)cc1F. The Morgan fingerprint density at radius 3 is 2.22 bits per heavy atom. The zero-order valence-electron chi connectivity index (χ0n) is 12.1. The van der Waals surface area contributed by atoms with E-state index in [9.17, 15) is 30.7 Å². The monoisotopic (exact) mass is 362 g/mol. The van der Waals surface area contributed by atoms with E-state index >= 15 is 0 Å². The largest absolute Gasteiger partial charge is 0.398 e. The lowest BCUT2D eigenvalue weighted by atomic mass is 10.2. The Morgan fingerprint density at radius 1 is 1.13 bits per heavy atom.